The molecular weight excluding hydrogens is 702 g/mol. The van der Waals surface area contributed by atoms with Crippen molar-refractivity contribution in [3.8, 4) is 11.1 Å². The van der Waals surface area contributed by atoms with Gasteiger partial charge in [-0.1, -0.05) is 13.8 Å². The Labute approximate surface area is 274 Å². The molecule has 0 fully saturated rings. The van der Waals surface area contributed by atoms with Crippen LogP contribution in [0.5, 0.6) is 0 Å². The van der Waals surface area contributed by atoms with Crippen molar-refractivity contribution >= 4 is 0 Å². The minimum atomic E-state index is 0. The van der Waals surface area contributed by atoms with Gasteiger partial charge >= 0.3 is 0 Å². The molecule has 0 aromatic heterocycles. The second-order valence-corrected chi connectivity index (χ2v) is 3.53. The first-order chi connectivity index (χ1) is 6.75. The second kappa shape index (κ2) is 20.4. The maximum atomic E-state index is 3.31. The summed E-state index contributed by atoms with van der Waals surface area (Å²) in [5.74, 6) is 0. The predicted molar refractivity (Wildman–Crippen MR) is 59.0 cm³/mol. The zero-order valence-corrected chi connectivity index (χ0v) is 29.0. The van der Waals surface area contributed by atoms with Gasteiger partial charge in [-0.25, -0.2) is 11.1 Å². The summed E-state index contributed by atoms with van der Waals surface area (Å²) in [6.07, 6.45) is 0. The number of benzene rings is 2. The quantitative estimate of drug-likeness (QED) is 0.397. The fraction of sp³-hybridized carbons (Fsp3) is 0.143. The van der Waals surface area contributed by atoms with E-state index in [0.29, 0.717) is 0 Å². The molecule has 0 amide bonds. The molecule has 0 aliphatic carbocycles. The van der Waals surface area contributed by atoms with Crippen LogP contribution in [0.4, 0.5) is 0 Å². The topological polar surface area (TPSA) is 0 Å². The Morgan fingerprint density at radius 2 is 1.30 bits per heavy atom. The molecule has 0 heterocycles. The van der Waals surface area contributed by atoms with Crippen molar-refractivity contribution in [3.63, 3.8) is 0 Å². The van der Waals surface area contributed by atoms with Crippen LogP contribution in [-0.2, 0) is 196 Å². The second-order valence-electron chi connectivity index (χ2n) is 3.53. The summed E-state index contributed by atoms with van der Waals surface area (Å²) in [4.78, 5) is 0. The van der Waals surface area contributed by atoms with Crippen LogP contribution in [0.25, 0.3) is 11.1 Å². The first kappa shape index (κ1) is 36.1. The van der Waals surface area contributed by atoms with Gasteiger partial charge in [0.1, 0.15) is 0 Å². The summed E-state index contributed by atoms with van der Waals surface area (Å²) < 4.78 is 0. The minimum absolute atomic E-state index is 0. The predicted octanol–water partition coefficient (Wildman–Crippen LogP) is 3.56. The fourth-order valence-electron chi connectivity index (χ4n) is 1.41. The molecule has 2 aromatic rings. The van der Waals surface area contributed by atoms with Crippen molar-refractivity contribution in [2.75, 3.05) is 0 Å². The van der Waals surface area contributed by atoms with Crippen molar-refractivity contribution in [1.29, 1.82) is 0 Å². The zero-order chi connectivity index (χ0) is 9.97. The maximum absolute atomic E-state index is 3.31. The molecule has 6 heteroatoms. The Kier molecular flexibility index (Phi) is 36.7. The minimum Gasteiger partial charge on any atom is -0.226 e. The van der Waals surface area contributed by atoms with Crippen LogP contribution < -0.4 is 0 Å². The van der Waals surface area contributed by atoms with E-state index in [1.807, 2.05) is 6.07 Å². The normalized spacial score (nSPS) is 7.10. The number of rotatable bonds is 1. The molecule has 0 nitrogen and oxygen atoms in total. The Balaban J connectivity index is -0.000000125. The Hall–Kier alpha value is 5.06. The third kappa shape index (κ3) is 13.3. The van der Waals surface area contributed by atoms with Crippen LogP contribution in [0.15, 0.2) is 36.4 Å². The molecule has 0 aliphatic heterocycles. The van der Waals surface area contributed by atoms with Gasteiger partial charge in [0.05, 0.1) is 0 Å². The zero-order valence-electron chi connectivity index (χ0n) is 11.9. The van der Waals surface area contributed by atoms with Crippen LogP contribution in [-0.4, -0.2) is 0 Å². The average Bonchev–Trinajstić information content (AvgIpc) is 2.19. The van der Waals surface area contributed by atoms with Gasteiger partial charge in [0.2, 0.25) is 0 Å². The van der Waals surface area contributed by atoms with Crippen molar-refractivity contribution in [2.24, 2.45) is 0 Å². The van der Waals surface area contributed by atoms with Crippen molar-refractivity contribution in [2.45, 2.75) is 13.8 Å². The molecule has 6 radical (unpaired) electrons. The third-order valence-corrected chi connectivity index (χ3v) is 2.20. The summed E-state index contributed by atoms with van der Waals surface area (Å²) in [5, 5.41) is 0. The largest absolute Gasteiger partial charge is 0.226 e. The van der Waals surface area contributed by atoms with Gasteiger partial charge in [0.15, 0.2) is 0 Å². The first-order valence-corrected chi connectivity index (χ1v) is 4.73. The standard InChI is InChI=1S/C14H12.6Y/c1-11-6-8-13(9-7-11)14-5-3-4-12(2)10-14;;;;;;/h3-8H,1-2H3;;;;;;/q-2;;;;;;. The van der Waals surface area contributed by atoms with E-state index < -0.39 is 0 Å². The van der Waals surface area contributed by atoms with E-state index in [-0.39, 0.29) is 196 Å². The van der Waals surface area contributed by atoms with E-state index in [4.69, 9.17) is 0 Å². The van der Waals surface area contributed by atoms with E-state index in [1.54, 1.807) is 0 Å². The molecule has 0 aliphatic rings. The Morgan fingerprint density at radius 3 is 1.75 bits per heavy atom. The third-order valence-electron chi connectivity index (χ3n) is 2.20. The van der Waals surface area contributed by atoms with E-state index in [1.165, 1.54) is 5.56 Å². The van der Waals surface area contributed by atoms with E-state index in [2.05, 4.69) is 56.3 Å². The van der Waals surface area contributed by atoms with Gasteiger partial charge in [0.25, 0.3) is 0 Å². The molecule has 0 atom stereocenters. The number of aryl methyl sites for hydroxylation is 2. The molecule has 0 saturated carbocycles. The first-order valence-electron chi connectivity index (χ1n) is 4.73. The maximum Gasteiger partial charge on any atom is 0 e. The summed E-state index contributed by atoms with van der Waals surface area (Å²) in [5.41, 5.74) is 4.63. The summed E-state index contributed by atoms with van der Waals surface area (Å²) >= 11 is 0. The van der Waals surface area contributed by atoms with Gasteiger partial charge in [0, 0.05) is 196 Å². The average molecular weight is 714 g/mol. The van der Waals surface area contributed by atoms with Crippen LogP contribution in [0.2, 0.25) is 0 Å². The summed E-state index contributed by atoms with van der Waals surface area (Å²) in [7, 11) is 0. The molecule has 0 spiro atoms. The molecule has 0 N–H and O–H groups in total. The van der Waals surface area contributed by atoms with Gasteiger partial charge in [-0.3, -0.25) is 0 Å². The van der Waals surface area contributed by atoms with Crippen molar-refractivity contribution < 1.29 is 196 Å². The van der Waals surface area contributed by atoms with E-state index in [0.717, 1.165) is 16.7 Å². The molecular formula is C14H12Y6-2. The van der Waals surface area contributed by atoms with Crippen LogP contribution >= 0.6 is 0 Å². The molecule has 2 rings (SSSR count). The summed E-state index contributed by atoms with van der Waals surface area (Å²) in [6, 6.07) is 18.9. The molecule has 2 aromatic carbocycles. The fourth-order valence-corrected chi connectivity index (χ4v) is 1.41. The Bertz CT molecular complexity index is 442. The van der Waals surface area contributed by atoms with Crippen LogP contribution in [0.1, 0.15) is 11.1 Å². The SMILES string of the molecule is Cc1[c-]c(-c2[c-]cc(C)cc2)ccc1.[Y].[Y].[Y].[Y].[Y].[Y]. The van der Waals surface area contributed by atoms with Gasteiger partial charge < -0.3 is 0 Å². The van der Waals surface area contributed by atoms with Crippen molar-refractivity contribution in [3.05, 3.63) is 59.7 Å². The van der Waals surface area contributed by atoms with Gasteiger partial charge in [-0.05, 0) is 0 Å². The smallest absolute Gasteiger partial charge is 0 e. The number of hydrogen-bond acceptors (Lipinski definition) is 0. The van der Waals surface area contributed by atoms with Crippen LogP contribution in [0.3, 0.4) is 0 Å². The molecule has 0 unspecified atom stereocenters. The molecule has 0 bridgehead atoms. The molecule has 20 heavy (non-hydrogen) atoms. The van der Waals surface area contributed by atoms with E-state index >= 15 is 0 Å². The number of hydrogen-bond donors (Lipinski definition) is 0. The molecule has 88 valence electrons. The van der Waals surface area contributed by atoms with Gasteiger partial charge in [-0.2, -0.15) is 42.5 Å². The van der Waals surface area contributed by atoms with Gasteiger partial charge in [-0.15, -0.1) is 17.2 Å². The summed E-state index contributed by atoms with van der Waals surface area (Å²) in [6.45, 7) is 4.12. The van der Waals surface area contributed by atoms with Crippen molar-refractivity contribution in [1.82, 2.24) is 0 Å². The Morgan fingerprint density at radius 1 is 0.700 bits per heavy atom. The van der Waals surface area contributed by atoms with Crippen LogP contribution in [0, 0.1) is 26.0 Å². The monoisotopic (exact) mass is 714 g/mol. The molecule has 0 saturated heterocycles. The van der Waals surface area contributed by atoms with E-state index in [9.17, 15) is 0 Å².